The number of phenols is 3. The Morgan fingerprint density at radius 3 is 1.33 bits per heavy atom. The van der Waals surface area contributed by atoms with Crippen LogP contribution in [0, 0.1) is 27.7 Å². The van der Waals surface area contributed by atoms with Crippen molar-refractivity contribution in [2.45, 2.75) is 27.7 Å². The summed E-state index contributed by atoms with van der Waals surface area (Å²) in [6, 6.07) is 24.1. The molecule has 3 aromatic carbocycles. The van der Waals surface area contributed by atoms with Gasteiger partial charge in [-0.1, -0.05) is 48.5 Å². The molecule has 2 heterocycles. The van der Waals surface area contributed by atoms with Gasteiger partial charge in [0, 0.05) is 22.2 Å². The highest BCUT2D eigenvalue weighted by atomic mass is 16.3. The number of rotatable bonds is 0. The molecular weight excluding hydrogens is 412 g/mol. The number of aromatic nitrogens is 2. The summed E-state index contributed by atoms with van der Waals surface area (Å²) in [5, 5.41) is 29.9. The Labute approximate surface area is 193 Å². The number of para-hydroxylation sites is 2. The molecule has 0 saturated carbocycles. The topological polar surface area (TPSA) is 86.5 Å². The fraction of sp³-hybridized carbons (Fsp3) is 0.143. The van der Waals surface area contributed by atoms with Gasteiger partial charge in [0.1, 0.15) is 28.3 Å². The van der Waals surface area contributed by atoms with Gasteiger partial charge in [-0.15, -0.1) is 0 Å². The molecule has 0 radical (unpaired) electrons. The van der Waals surface area contributed by atoms with Crippen LogP contribution >= 0.6 is 0 Å². The van der Waals surface area contributed by atoms with Crippen LogP contribution in [0.1, 0.15) is 22.5 Å². The number of fused-ring (bicyclic) bond motifs is 2. The quantitative estimate of drug-likeness (QED) is 0.256. The highest BCUT2D eigenvalue weighted by Crippen LogP contribution is 2.23. The van der Waals surface area contributed by atoms with Gasteiger partial charge in [-0.05, 0) is 69.2 Å². The summed E-state index contributed by atoms with van der Waals surface area (Å²) >= 11 is 0. The van der Waals surface area contributed by atoms with Crippen molar-refractivity contribution >= 4 is 21.8 Å². The van der Waals surface area contributed by atoms with E-state index in [0.717, 1.165) is 33.3 Å². The second-order valence-corrected chi connectivity index (χ2v) is 7.82. The van der Waals surface area contributed by atoms with Gasteiger partial charge in [0.05, 0.1) is 0 Å². The van der Waals surface area contributed by atoms with Crippen molar-refractivity contribution in [1.82, 2.24) is 9.97 Å². The van der Waals surface area contributed by atoms with E-state index in [0.29, 0.717) is 16.8 Å². The van der Waals surface area contributed by atoms with Gasteiger partial charge in [-0.3, -0.25) is 0 Å². The molecule has 2 aromatic heterocycles. The Morgan fingerprint density at radius 1 is 0.485 bits per heavy atom. The molecule has 5 heteroatoms. The van der Waals surface area contributed by atoms with Crippen molar-refractivity contribution in [1.29, 1.82) is 0 Å². The molecule has 168 valence electrons. The van der Waals surface area contributed by atoms with E-state index in [4.69, 9.17) is 5.11 Å². The zero-order valence-corrected chi connectivity index (χ0v) is 19.2. The van der Waals surface area contributed by atoms with Crippen LogP contribution in [0.25, 0.3) is 21.8 Å². The molecule has 0 aliphatic carbocycles. The number of benzene rings is 3. The minimum absolute atomic E-state index is 0.246. The first kappa shape index (κ1) is 23.5. The van der Waals surface area contributed by atoms with Crippen LogP contribution in [-0.4, -0.2) is 25.3 Å². The van der Waals surface area contributed by atoms with E-state index in [-0.39, 0.29) is 11.5 Å². The average molecular weight is 441 g/mol. The first-order valence-corrected chi connectivity index (χ1v) is 10.6. The first-order chi connectivity index (χ1) is 15.8. The van der Waals surface area contributed by atoms with Crippen LogP contribution in [0.5, 0.6) is 17.2 Å². The number of hydrogen-bond acceptors (Lipinski definition) is 5. The normalized spacial score (nSPS) is 10.2. The summed E-state index contributed by atoms with van der Waals surface area (Å²) in [6.45, 7) is 7.71. The van der Waals surface area contributed by atoms with Gasteiger partial charge in [0.2, 0.25) is 0 Å². The third-order valence-electron chi connectivity index (χ3n) is 5.25. The highest BCUT2D eigenvalue weighted by molar-refractivity contribution is 5.84. The van der Waals surface area contributed by atoms with Gasteiger partial charge in [0.15, 0.2) is 0 Å². The van der Waals surface area contributed by atoms with E-state index in [9.17, 15) is 10.2 Å². The molecule has 5 nitrogen and oxygen atoms in total. The van der Waals surface area contributed by atoms with Gasteiger partial charge < -0.3 is 15.3 Å². The maximum absolute atomic E-state index is 9.43. The second kappa shape index (κ2) is 10.5. The molecule has 0 unspecified atom stereocenters. The molecule has 0 aliphatic rings. The number of aryl methyl sites for hydroxylation is 3. The van der Waals surface area contributed by atoms with E-state index in [1.54, 1.807) is 18.2 Å². The standard InChI is InChI=1S/2C10H9NO.C8H10O/c2*1-7-5-6-8-3-2-4-9(12)10(8)11-7;1-6-4-3-5-8(9)7(6)2/h2*2-6,12H,1H3;3-5,9H,1-2H3. The summed E-state index contributed by atoms with van der Waals surface area (Å²) in [4.78, 5) is 8.45. The molecule has 0 bridgehead atoms. The molecule has 0 atom stereocenters. The molecule has 0 aliphatic heterocycles. The van der Waals surface area contributed by atoms with Crippen molar-refractivity contribution < 1.29 is 15.3 Å². The molecule has 33 heavy (non-hydrogen) atoms. The summed E-state index contributed by atoms with van der Waals surface area (Å²) in [5.41, 5.74) is 5.30. The molecule has 0 fully saturated rings. The van der Waals surface area contributed by atoms with Crippen LogP contribution in [0.3, 0.4) is 0 Å². The Hall–Kier alpha value is -4.12. The van der Waals surface area contributed by atoms with E-state index < -0.39 is 0 Å². The Kier molecular flexibility index (Phi) is 7.46. The molecule has 0 spiro atoms. The van der Waals surface area contributed by atoms with Crippen LogP contribution in [0.4, 0.5) is 0 Å². The third kappa shape index (κ3) is 5.98. The van der Waals surface area contributed by atoms with E-state index in [1.807, 2.05) is 88.4 Å². The Morgan fingerprint density at radius 2 is 0.909 bits per heavy atom. The number of hydrogen-bond donors (Lipinski definition) is 3. The lowest BCUT2D eigenvalue weighted by molar-refractivity contribution is 0.470. The fourth-order valence-electron chi connectivity index (χ4n) is 3.19. The number of nitrogens with zero attached hydrogens (tertiary/aromatic N) is 2. The van der Waals surface area contributed by atoms with Crippen molar-refractivity contribution in [2.75, 3.05) is 0 Å². The first-order valence-electron chi connectivity index (χ1n) is 10.6. The van der Waals surface area contributed by atoms with Crippen molar-refractivity contribution in [2.24, 2.45) is 0 Å². The van der Waals surface area contributed by atoms with Gasteiger partial charge in [0.25, 0.3) is 0 Å². The lowest BCUT2D eigenvalue weighted by atomic mass is 10.1. The van der Waals surface area contributed by atoms with E-state index in [2.05, 4.69) is 9.97 Å². The van der Waals surface area contributed by atoms with Crippen molar-refractivity contribution in [3.8, 4) is 17.2 Å². The molecular formula is C28H28N2O3. The molecule has 5 aromatic rings. The smallest absolute Gasteiger partial charge is 0.141 e. The number of phenolic OH excluding ortho intramolecular Hbond substituents is 3. The van der Waals surface area contributed by atoms with Crippen LogP contribution in [0.2, 0.25) is 0 Å². The SMILES string of the molecule is Cc1ccc2cccc(O)c2n1.Cc1ccc2cccc(O)c2n1.Cc1cccc(O)c1C. The Bertz CT molecular complexity index is 1290. The van der Waals surface area contributed by atoms with E-state index in [1.165, 1.54) is 0 Å². The zero-order valence-electron chi connectivity index (χ0n) is 19.2. The van der Waals surface area contributed by atoms with Gasteiger partial charge in [-0.25, -0.2) is 9.97 Å². The fourth-order valence-corrected chi connectivity index (χ4v) is 3.19. The van der Waals surface area contributed by atoms with Gasteiger partial charge >= 0.3 is 0 Å². The Balaban J connectivity index is 0.000000141. The van der Waals surface area contributed by atoms with Crippen LogP contribution in [0.15, 0.2) is 78.9 Å². The summed E-state index contributed by atoms with van der Waals surface area (Å²) < 4.78 is 0. The van der Waals surface area contributed by atoms with Crippen molar-refractivity contribution in [3.63, 3.8) is 0 Å². The minimum atomic E-state index is 0.246. The minimum Gasteiger partial charge on any atom is -0.508 e. The van der Waals surface area contributed by atoms with Crippen LogP contribution < -0.4 is 0 Å². The maximum atomic E-state index is 9.43. The largest absolute Gasteiger partial charge is 0.508 e. The predicted molar refractivity (Wildman–Crippen MR) is 134 cm³/mol. The average Bonchev–Trinajstić information content (AvgIpc) is 2.80. The van der Waals surface area contributed by atoms with Crippen LogP contribution in [-0.2, 0) is 0 Å². The number of pyridine rings is 2. The molecule has 5 rings (SSSR count). The molecule has 3 N–H and O–H groups in total. The molecule has 0 amide bonds. The van der Waals surface area contributed by atoms with E-state index >= 15 is 0 Å². The second-order valence-electron chi connectivity index (χ2n) is 7.82. The summed E-state index contributed by atoms with van der Waals surface area (Å²) in [6.07, 6.45) is 0. The summed E-state index contributed by atoms with van der Waals surface area (Å²) in [5.74, 6) is 0.877. The highest BCUT2D eigenvalue weighted by Gasteiger charge is 2.00. The molecule has 0 saturated heterocycles. The lowest BCUT2D eigenvalue weighted by Crippen LogP contribution is -1.82. The lowest BCUT2D eigenvalue weighted by Gasteiger charge is -1.99. The summed E-state index contributed by atoms with van der Waals surface area (Å²) in [7, 11) is 0. The van der Waals surface area contributed by atoms with Crippen molar-refractivity contribution in [3.05, 3.63) is 101 Å². The predicted octanol–water partition coefficient (Wildman–Crippen LogP) is 6.51. The number of aromatic hydroxyl groups is 3. The zero-order chi connectivity index (χ0) is 24.0. The van der Waals surface area contributed by atoms with Gasteiger partial charge in [-0.2, -0.15) is 0 Å². The third-order valence-corrected chi connectivity index (χ3v) is 5.25. The maximum Gasteiger partial charge on any atom is 0.141 e. The monoisotopic (exact) mass is 440 g/mol.